The van der Waals surface area contributed by atoms with Crippen LogP contribution < -0.4 is 0 Å². The molecule has 0 saturated carbocycles. The van der Waals surface area contributed by atoms with Gasteiger partial charge in [0.2, 0.25) is 6.29 Å². The van der Waals surface area contributed by atoms with Crippen molar-refractivity contribution in [2.75, 3.05) is 7.11 Å². The molecule has 0 aromatic carbocycles. The second-order valence-electron chi connectivity index (χ2n) is 4.90. The zero-order valence-corrected chi connectivity index (χ0v) is 13.9. The van der Waals surface area contributed by atoms with Crippen molar-refractivity contribution in [2.24, 2.45) is 5.11 Å². The van der Waals surface area contributed by atoms with Crippen molar-refractivity contribution >= 4 is 23.9 Å². The Kier molecular flexibility index (Phi) is 7.15. The van der Waals surface area contributed by atoms with Crippen molar-refractivity contribution in [3.8, 4) is 0 Å². The fourth-order valence-corrected chi connectivity index (χ4v) is 2.22. The van der Waals surface area contributed by atoms with Crippen LogP contribution >= 0.6 is 0 Å². The van der Waals surface area contributed by atoms with Gasteiger partial charge in [-0.1, -0.05) is 5.11 Å². The van der Waals surface area contributed by atoms with Gasteiger partial charge in [-0.25, -0.2) is 4.79 Å². The van der Waals surface area contributed by atoms with Gasteiger partial charge in [0.05, 0.1) is 7.11 Å². The van der Waals surface area contributed by atoms with Crippen LogP contribution in [0.15, 0.2) is 5.11 Å². The van der Waals surface area contributed by atoms with Crippen molar-refractivity contribution in [3.63, 3.8) is 0 Å². The van der Waals surface area contributed by atoms with Crippen LogP contribution in [-0.2, 0) is 42.9 Å². The molecule has 0 N–H and O–H groups in total. The Morgan fingerprint density at radius 2 is 1.48 bits per heavy atom. The van der Waals surface area contributed by atoms with Gasteiger partial charge in [-0.05, 0) is 5.53 Å². The molecule has 0 aromatic rings. The van der Waals surface area contributed by atoms with Crippen molar-refractivity contribution in [3.05, 3.63) is 10.4 Å². The second kappa shape index (κ2) is 8.85. The summed E-state index contributed by atoms with van der Waals surface area (Å²) in [7, 11) is 1.05. The number of ether oxygens (including phenoxy) is 5. The minimum atomic E-state index is -1.58. The Bertz CT molecular complexity index is 602. The number of carbonyl (C=O) groups is 4. The third kappa shape index (κ3) is 5.33. The van der Waals surface area contributed by atoms with Crippen LogP contribution in [0, 0.1) is 0 Å². The van der Waals surface area contributed by atoms with Crippen LogP contribution in [0.3, 0.4) is 0 Å². The molecular formula is C13H17N3O9. The molecule has 12 nitrogen and oxygen atoms in total. The Morgan fingerprint density at radius 1 is 0.960 bits per heavy atom. The summed E-state index contributed by atoms with van der Waals surface area (Å²) < 4.78 is 24.8. The molecule has 0 aliphatic carbocycles. The first-order chi connectivity index (χ1) is 11.7. The maximum absolute atomic E-state index is 12.0. The summed E-state index contributed by atoms with van der Waals surface area (Å²) in [6.07, 6.45) is -6.06. The van der Waals surface area contributed by atoms with Crippen molar-refractivity contribution in [2.45, 2.75) is 51.4 Å². The Hall–Kier alpha value is -2.85. The predicted octanol–water partition coefficient (Wildman–Crippen LogP) is -0.0103. The first-order valence-corrected chi connectivity index (χ1v) is 7.00. The van der Waals surface area contributed by atoms with Gasteiger partial charge < -0.3 is 23.7 Å². The van der Waals surface area contributed by atoms with Crippen LogP contribution in [0.25, 0.3) is 10.4 Å². The normalized spacial score (nSPS) is 28.1. The lowest BCUT2D eigenvalue weighted by molar-refractivity contribution is -0.261. The maximum Gasteiger partial charge on any atom is 0.339 e. The molecule has 12 heteroatoms. The van der Waals surface area contributed by atoms with Crippen molar-refractivity contribution < 1.29 is 42.9 Å². The van der Waals surface area contributed by atoms with Gasteiger partial charge in [0.15, 0.2) is 18.3 Å². The minimum Gasteiger partial charge on any atom is -0.467 e. The maximum atomic E-state index is 12.0. The average molecular weight is 359 g/mol. The van der Waals surface area contributed by atoms with Crippen LogP contribution in [-0.4, -0.2) is 61.6 Å². The van der Waals surface area contributed by atoms with Crippen molar-refractivity contribution in [1.82, 2.24) is 0 Å². The molecule has 1 rings (SSSR count). The third-order valence-corrected chi connectivity index (χ3v) is 3.02. The summed E-state index contributed by atoms with van der Waals surface area (Å²) in [4.78, 5) is 48.6. The minimum absolute atomic E-state index is 0.806. The summed E-state index contributed by atoms with van der Waals surface area (Å²) in [5, 5.41) is 3.39. The van der Waals surface area contributed by atoms with E-state index < -0.39 is 54.5 Å². The lowest BCUT2D eigenvalue weighted by atomic mass is 9.96. The molecule has 1 saturated heterocycles. The quantitative estimate of drug-likeness (QED) is 0.216. The fourth-order valence-electron chi connectivity index (χ4n) is 2.22. The first kappa shape index (κ1) is 20.2. The number of nitrogens with zero attached hydrogens (tertiary/aromatic N) is 3. The molecule has 25 heavy (non-hydrogen) atoms. The molecule has 0 radical (unpaired) electrons. The Labute approximate surface area is 141 Å². The molecule has 1 fully saturated rings. The summed E-state index contributed by atoms with van der Waals surface area (Å²) in [6.45, 7) is 3.17. The number of carbonyl (C=O) groups excluding carboxylic acids is 4. The zero-order chi connectivity index (χ0) is 19.1. The molecule has 0 spiro atoms. The number of esters is 4. The SMILES string of the molecule is COC(=O)[C@H]1OC(OC(C)=O)[C@H](N=[N+]=[N-])[C@@H](OC(C)=O)[C@H]1OC(C)=O. The van der Waals surface area contributed by atoms with Crippen LogP contribution in [0.2, 0.25) is 0 Å². The molecular weight excluding hydrogens is 342 g/mol. The van der Waals surface area contributed by atoms with E-state index in [0.29, 0.717) is 0 Å². The van der Waals surface area contributed by atoms with E-state index in [-0.39, 0.29) is 0 Å². The molecule has 1 aliphatic heterocycles. The standard InChI is InChI=1S/C13H17N3O9/c1-5(17)22-9-8(15-16-14)13(24-7(3)19)25-11(12(20)21-4)10(9)23-6(2)18/h8-11,13H,1-4H3/t8-,9-,10-,11+,13?/m1/s1. The highest BCUT2D eigenvalue weighted by molar-refractivity contribution is 5.77. The van der Waals surface area contributed by atoms with E-state index in [0.717, 1.165) is 27.9 Å². The molecule has 1 aliphatic rings. The summed E-state index contributed by atoms with van der Waals surface area (Å²) in [5.41, 5.74) is 8.73. The zero-order valence-electron chi connectivity index (χ0n) is 13.9. The molecule has 0 bridgehead atoms. The van der Waals surface area contributed by atoms with Crippen LogP contribution in [0.1, 0.15) is 20.8 Å². The summed E-state index contributed by atoms with van der Waals surface area (Å²) in [5.74, 6) is -3.41. The molecule has 138 valence electrons. The average Bonchev–Trinajstić information content (AvgIpc) is 2.50. The second-order valence-corrected chi connectivity index (χ2v) is 4.90. The van der Waals surface area contributed by atoms with E-state index in [1.54, 1.807) is 0 Å². The van der Waals surface area contributed by atoms with Gasteiger partial charge >= 0.3 is 23.9 Å². The fraction of sp³-hybridized carbons (Fsp3) is 0.692. The topological polar surface area (TPSA) is 163 Å². The highest BCUT2D eigenvalue weighted by Gasteiger charge is 2.54. The monoisotopic (exact) mass is 359 g/mol. The van der Waals surface area contributed by atoms with E-state index in [1.807, 2.05) is 0 Å². The molecule has 1 heterocycles. The number of azide groups is 1. The van der Waals surface area contributed by atoms with Crippen LogP contribution in [0.4, 0.5) is 0 Å². The third-order valence-electron chi connectivity index (χ3n) is 3.02. The number of methoxy groups -OCH3 is 1. The van der Waals surface area contributed by atoms with Gasteiger partial charge in [-0.2, -0.15) is 0 Å². The van der Waals surface area contributed by atoms with Crippen LogP contribution in [0.5, 0.6) is 0 Å². The summed E-state index contributed by atoms with van der Waals surface area (Å²) in [6, 6.07) is -1.40. The lowest BCUT2D eigenvalue weighted by Crippen LogP contribution is -2.62. The van der Waals surface area contributed by atoms with Gasteiger partial charge in [0, 0.05) is 25.7 Å². The van der Waals surface area contributed by atoms with E-state index in [1.165, 1.54) is 0 Å². The smallest absolute Gasteiger partial charge is 0.339 e. The van der Waals surface area contributed by atoms with Gasteiger partial charge in [0.1, 0.15) is 6.04 Å². The Balaban J connectivity index is 3.37. The van der Waals surface area contributed by atoms with E-state index in [2.05, 4.69) is 14.8 Å². The highest BCUT2D eigenvalue weighted by atomic mass is 16.7. The highest BCUT2D eigenvalue weighted by Crippen LogP contribution is 2.30. The van der Waals surface area contributed by atoms with E-state index >= 15 is 0 Å². The molecule has 0 aromatic heterocycles. The summed E-state index contributed by atoms with van der Waals surface area (Å²) >= 11 is 0. The van der Waals surface area contributed by atoms with Gasteiger partial charge in [-0.3, -0.25) is 14.4 Å². The van der Waals surface area contributed by atoms with E-state index in [4.69, 9.17) is 24.5 Å². The Morgan fingerprint density at radius 3 is 1.92 bits per heavy atom. The number of hydrogen-bond acceptors (Lipinski definition) is 10. The largest absolute Gasteiger partial charge is 0.467 e. The first-order valence-electron chi connectivity index (χ1n) is 7.00. The molecule has 1 unspecified atom stereocenters. The van der Waals surface area contributed by atoms with Gasteiger partial charge in [-0.15, -0.1) is 0 Å². The van der Waals surface area contributed by atoms with Gasteiger partial charge in [0.25, 0.3) is 0 Å². The van der Waals surface area contributed by atoms with E-state index in [9.17, 15) is 19.2 Å². The lowest BCUT2D eigenvalue weighted by Gasteiger charge is -2.41. The number of rotatable bonds is 5. The molecule has 5 atom stereocenters. The molecule has 0 amide bonds. The predicted molar refractivity (Wildman–Crippen MR) is 76.5 cm³/mol. The van der Waals surface area contributed by atoms with Crippen molar-refractivity contribution in [1.29, 1.82) is 0 Å². The number of hydrogen-bond donors (Lipinski definition) is 0.